The van der Waals surface area contributed by atoms with Gasteiger partial charge >= 0.3 is 0 Å². The van der Waals surface area contributed by atoms with Gasteiger partial charge in [0.2, 0.25) is 0 Å². The van der Waals surface area contributed by atoms with Gasteiger partial charge in [0.05, 0.1) is 18.6 Å². The third-order valence-electron chi connectivity index (χ3n) is 4.52. The first-order chi connectivity index (χ1) is 14.5. The lowest BCUT2D eigenvalue weighted by Gasteiger charge is -2.32. The van der Waals surface area contributed by atoms with Gasteiger partial charge in [0.25, 0.3) is 0 Å². The third-order valence-corrected chi connectivity index (χ3v) is 11.1. The molecule has 0 saturated heterocycles. The Balaban J connectivity index is 2.61. The zero-order chi connectivity index (χ0) is 23.3. The number of benzene rings is 2. The van der Waals surface area contributed by atoms with E-state index in [1.807, 2.05) is 12.1 Å². The summed E-state index contributed by atoms with van der Waals surface area (Å²) in [5, 5.41) is 1.61. The van der Waals surface area contributed by atoms with Gasteiger partial charge in [0.1, 0.15) is 24.7 Å². The highest BCUT2D eigenvalue weighted by Gasteiger charge is 2.33. The number of halogens is 8. The van der Waals surface area contributed by atoms with Crippen LogP contribution in [0.15, 0.2) is 42.2 Å². The Labute approximate surface area is 251 Å². The smallest absolute Gasteiger partial charge is 0.137 e. The summed E-state index contributed by atoms with van der Waals surface area (Å²) in [6.07, 6.45) is 0. The topological polar surface area (TPSA) is 18.5 Å². The van der Waals surface area contributed by atoms with Crippen LogP contribution in [0.25, 0.3) is 0 Å². The van der Waals surface area contributed by atoms with E-state index in [1.54, 1.807) is 0 Å². The SMILES string of the molecule is CC(C)(c1cc(Br)cc(Br)c1OCC(Br)CBr)c1cc(Br)cc(Br)c1OCC(Br)CBr. The Hall–Kier alpha value is 1.88. The second kappa shape index (κ2) is 13.3. The zero-order valence-corrected chi connectivity index (χ0v) is 29.3. The Morgan fingerprint density at radius 1 is 0.710 bits per heavy atom. The van der Waals surface area contributed by atoms with Crippen molar-refractivity contribution in [3.63, 3.8) is 0 Å². The van der Waals surface area contributed by atoms with Crippen molar-refractivity contribution in [1.29, 1.82) is 0 Å². The van der Waals surface area contributed by atoms with E-state index in [1.165, 1.54) is 0 Å². The van der Waals surface area contributed by atoms with Crippen molar-refractivity contribution in [1.82, 2.24) is 0 Å². The van der Waals surface area contributed by atoms with Gasteiger partial charge in [-0.15, -0.1) is 0 Å². The van der Waals surface area contributed by atoms with E-state index in [4.69, 9.17) is 9.47 Å². The van der Waals surface area contributed by atoms with Crippen molar-refractivity contribution in [2.75, 3.05) is 23.9 Å². The van der Waals surface area contributed by atoms with Gasteiger partial charge in [-0.3, -0.25) is 0 Å². The highest BCUT2D eigenvalue weighted by Crippen LogP contribution is 2.48. The largest absolute Gasteiger partial charge is 0.491 e. The van der Waals surface area contributed by atoms with Crippen LogP contribution in [0.2, 0.25) is 0 Å². The summed E-state index contributed by atoms with van der Waals surface area (Å²) in [4.78, 5) is 0.413. The molecule has 0 saturated carbocycles. The first-order valence-electron chi connectivity index (χ1n) is 9.15. The van der Waals surface area contributed by atoms with Crippen LogP contribution in [0.3, 0.4) is 0 Å². The minimum Gasteiger partial charge on any atom is -0.491 e. The van der Waals surface area contributed by atoms with Gasteiger partial charge in [0.15, 0.2) is 0 Å². The third kappa shape index (κ3) is 7.94. The molecule has 0 radical (unpaired) electrons. The van der Waals surface area contributed by atoms with Crippen LogP contribution < -0.4 is 9.47 Å². The Morgan fingerprint density at radius 3 is 1.39 bits per heavy atom. The fourth-order valence-electron chi connectivity index (χ4n) is 2.92. The van der Waals surface area contributed by atoms with Gasteiger partial charge < -0.3 is 9.47 Å². The van der Waals surface area contributed by atoms with Gasteiger partial charge in [-0.25, -0.2) is 0 Å². The quantitative estimate of drug-likeness (QED) is 0.221. The van der Waals surface area contributed by atoms with Crippen LogP contribution in [-0.4, -0.2) is 33.5 Å². The highest BCUT2D eigenvalue weighted by molar-refractivity contribution is 9.12. The van der Waals surface area contributed by atoms with Crippen LogP contribution in [0, 0.1) is 0 Å². The van der Waals surface area contributed by atoms with E-state index in [-0.39, 0.29) is 9.65 Å². The fourth-order valence-corrected chi connectivity index (χ4v) is 6.24. The first kappa shape index (κ1) is 29.1. The fraction of sp³-hybridized carbons (Fsp3) is 0.429. The minimum atomic E-state index is -0.421. The molecule has 2 rings (SSSR count). The van der Waals surface area contributed by atoms with Crippen LogP contribution in [0.1, 0.15) is 25.0 Å². The summed E-state index contributed by atoms with van der Waals surface area (Å²) in [5.41, 5.74) is 1.68. The summed E-state index contributed by atoms with van der Waals surface area (Å²) >= 11 is 28.9. The Morgan fingerprint density at radius 2 is 1.06 bits per heavy atom. The number of alkyl halides is 4. The summed E-state index contributed by atoms with van der Waals surface area (Å²) in [5.74, 6) is 1.64. The van der Waals surface area contributed by atoms with Crippen LogP contribution >= 0.6 is 127 Å². The molecule has 2 nitrogen and oxygen atoms in total. The Kier molecular flexibility index (Phi) is 12.5. The van der Waals surface area contributed by atoms with Crippen molar-refractivity contribution in [2.24, 2.45) is 0 Å². The molecule has 0 amide bonds. The zero-order valence-electron chi connectivity index (χ0n) is 16.6. The predicted octanol–water partition coefficient (Wildman–Crippen LogP) is 10.1. The van der Waals surface area contributed by atoms with E-state index in [0.717, 1.165) is 51.2 Å². The standard InChI is InChI=1S/C21H20Br8O2/c1-21(2,15-3-11(24)5-17(28)19(15)30-9-13(26)7-22)16-4-12(25)6-18(29)20(16)31-10-14(27)8-23/h3-6,13-14H,7-10H2,1-2H3. The summed E-state index contributed by atoms with van der Waals surface area (Å²) in [6, 6.07) is 8.24. The van der Waals surface area contributed by atoms with Gasteiger partial charge in [-0.1, -0.05) is 109 Å². The van der Waals surface area contributed by atoms with E-state index >= 15 is 0 Å². The van der Waals surface area contributed by atoms with Crippen molar-refractivity contribution in [3.05, 3.63) is 53.3 Å². The molecular formula is C21H20Br8O2. The molecule has 0 bridgehead atoms. The molecule has 0 heterocycles. The van der Waals surface area contributed by atoms with Crippen LogP contribution in [0.5, 0.6) is 11.5 Å². The molecule has 2 aromatic carbocycles. The van der Waals surface area contributed by atoms with Gasteiger partial charge in [-0.2, -0.15) is 0 Å². The summed E-state index contributed by atoms with van der Waals surface area (Å²) in [7, 11) is 0. The molecule has 0 N–H and O–H groups in total. The van der Waals surface area contributed by atoms with Crippen LogP contribution in [-0.2, 0) is 5.41 Å². The van der Waals surface area contributed by atoms with Gasteiger partial charge in [-0.05, 0) is 56.1 Å². The molecule has 0 aromatic heterocycles. The van der Waals surface area contributed by atoms with E-state index in [9.17, 15) is 0 Å². The molecule has 0 fully saturated rings. The number of hydrogen-bond donors (Lipinski definition) is 0. The minimum absolute atomic E-state index is 0.207. The molecule has 2 atom stereocenters. The second-order valence-corrected chi connectivity index (χ2v) is 14.7. The molecule has 10 heteroatoms. The van der Waals surface area contributed by atoms with Crippen molar-refractivity contribution >= 4 is 127 Å². The maximum Gasteiger partial charge on any atom is 0.137 e. The number of ether oxygens (including phenoxy) is 2. The monoisotopic (exact) mass is 935 g/mol. The predicted molar refractivity (Wildman–Crippen MR) is 160 cm³/mol. The molecule has 31 heavy (non-hydrogen) atoms. The number of rotatable bonds is 10. The van der Waals surface area contributed by atoms with Crippen LogP contribution in [0.4, 0.5) is 0 Å². The normalized spacial score (nSPS) is 13.7. The highest BCUT2D eigenvalue weighted by atomic mass is 79.9. The first-order valence-corrected chi connectivity index (χ1v) is 16.4. The molecule has 2 aromatic rings. The molecule has 0 aliphatic rings. The average Bonchev–Trinajstić information content (AvgIpc) is 2.70. The lowest BCUT2D eigenvalue weighted by Crippen LogP contribution is -2.24. The molecule has 0 spiro atoms. The lowest BCUT2D eigenvalue weighted by atomic mass is 9.77. The molecular weight excluding hydrogens is 923 g/mol. The molecule has 2 unspecified atom stereocenters. The summed E-state index contributed by atoms with van der Waals surface area (Å²) < 4.78 is 16.3. The van der Waals surface area contributed by atoms with Crippen molar-refractivity contribution in [2.45, 2.75) is 28.9 Å². The Bertz CT molecular complexity index is 832. The van der Waals surface area contributed by atoms with Gasteiger partial charge in [0, 0.05) is 36.1 Å². The van der Waals surface area contributed by atoms with E-state index in [2.05, 4.69) is 153 Å². The van der Waals surface area contributed by atoms with Crippen molar-refractivity contribution in [3.8, 4) is 11.5 Å². The average molecular weight is 944 g/mol. The van der Waals surface area contributed by atoms with Crippen molar-refractivity contribution < 1.29 is 9.47 Å². The van der Waals surface area contributed by atoms with E-state index < -0.39 is 5.41 Å². The second-order valence-electron chi connectivity index (χ2n) is 7.28. The maximum atomic E-state index is 6.28. The molecule has 172 valence electrons. The lowest BCUT2D eigenvalue weighted by molar-refractivity contribution is 0.307. The number of hydrogen-bond acceptors (Lipinski definition) is 2. The maximum absolute atomic E-state index is 6.28. The summed E-state index contributed by atoms with van der Waals surface area (Å²) in [6.45, 7) is 5.44. The molecule has 0 aliphatic carbocycles. The molecule has 0 aliphatic heterocycles. The van der Waals surface area contributed by atoms with E-state index in [0.29, 0.717) is 13.2 Å².